The third-order valence-corrected chi connectivity index (χ3v) is 3.55. The van der Waals surface area contributed by atoms with Crippen LogP contribution in [0.2, 0.25) is 0 Å². The van der Waals surface area contributed by atoms with E-state index in [0.29, 0.717) is 5.54 Å². The lowest BCUT2D eigenvalue weighted by molar-refractivity contribution is 0.516. The Labute approximate surface area is 98.7 Å². The molecule has 88 valence electrons. The van der Waals surface area contributed by atoms with Crippen molar-refractivity contribution in [2.45, 2.75) is 38.8 Å². The lowest BCUT2D eigenvalue weighted by atomic mass is 10.0. The molecule has 1 aromatic carbocycles. The summed E-state index contributed by atoms with van der Waals surface area (Å²) in [5, 5.41) is 3.25. The fourth-order valence-corrected chi connectivity index (χ4v) is 2.67. The Morgan fingerprint density at radius 1 is 1.31 bits per heavy atom. The van der Waals surface area contributed by atoms with Gasteiger partial charge in [-0.1, -0.05) is 18.2 Å². The lowest BCUT2D eigenvalue weighted by Crippen LogP contribution is -2.38. The van der Waals surface area contributed by atoms with Crippen molar-refractivity contribution in [2.24, 2.45) is 0 Å². The molecule has 1 aliphatic rings. The molecule has 0 spiro atoms. The lowest BCUT2D eigenvalue weighted by Gasteiger charge is -2.35. The number of rotatable bonds is 3. The van der Waals surface area contributed by atoms with Crippen LogP contribution >= 0.6 is 0 Å². The summed E-state index contributed by atoms with van der Waals surface area (Å²) in [7, 11) is 2.01. The van der Waals surface area contributed by atoms with Gasteiger partial charge in [0, 0.05) is 24.3 Å². The molecule has 1 heterocycles. The van der Waals surface area contributed by atoms with Crippen LogP contribution in [0, 0.1) is 0 Å². The van der Waals surface area contributed by atoms with Gasteiger partial charge in [-0.15, -0.1) is 0 Å². The van der Waals surface area contributed by atoms with E-state index in [1.807, 2.05) is 7.05 Å². The molecule has 1 aromatic rings. The summed E-state index contributed by atoms with van der Waals surface area (Å²) >= 11 is 0. The summed E-state index contributed by atoms with van der Waals surface area (Å²) in [5.74, 6) is 0. The third kappa shape index (κ3) is 2.07. The van der Waals surface area contributed by atoms with Crippen molar-refractivity contribution in [2.75, 3.05) is 18.5 Å². The summed E-state index contributed by atoms with van der Waals surface area (Å²) in [6, 6.07) is 8.74. The Morgan fingerprint density at radius 3 is 2.69 bits per heavy atom. The minimum Gasteiger partial charge on any atom is -0.366 e. The van der Waals surface area contributed by atoms with Crippen molar-refractivity contribution in [3.63, 3.8) is 0 Å². The molecule has 1 aliphatic heterocycles. The fourth-order valence-electron chi connectivity index (χ4n) is 2.67. The van der Waals surface area contributed by atoms with E-state index >= 15 is 0 Å². The van der Waals surface area contributed by atoms with Crippen LogP contribution < -0.4 is 10.2 Å². The predicted octanol–water partition coefficient (Wildman–Crippen LogP) is 2.78. The summed E-state index contributed by atoms with van der Waals surface area (Å²) in [5.41, 5.74) is 3.11. The van der Waals surface area contributed by atoms with Gasteiger partial charge in [0.15, 0.2) is 0 Å². The van der Waals surface area contributed by atoms with Crippen LogP contribution in [0.25, 0.3) is 0 Å². The van der Waals surface area contributed by atoms with Crippen molar-refractivity contribution < 1.29 is 0 Å². The van der Waals surface area contributed by atoms with Crippen molar-refractivity contribution >= 4 is 5.69 Å². The zero-order valence-electron chi connectivity index (χ0n) is 10.6. The molecule has 2 nitrogen and oxygen atoms in total. The average molecular weight is 218 g/mol. The number of nitrogens with one attached hydrogen (secondary N) is 1. The molecule has 0 aliphatic carbocycles. The number of nitrogens with zero attached hydrogens (tertiary/aromatic N) is 1. The largest absolute Gasteiger partial charge is 0.366 e. The topological polar surface area (TPSA) is 15.3 Å². The molecule has 0 saturated carbocycles. The first-order valence-corrected chi connectivity index (χ1v) is 6.15. The molecule has 0 aromatic heterocycles. The van der Waals surface area contributed by atoms with Crippen LogP contribution in [0.1, 0.15) is 32.3 Å². The van der Waals surface area contributed by atoms with Gasteiger partial charge < -0.3 is 10.2 Å². The Balaban J connectivity index is 2.32. The maximum Gasteiger partial charge on any atom is 0.0416 e. The highest BCUT2D eigenvalue weighted by Crippen LogP contribution is 2.35. The minimum absolute atomic E-state index is 0.309. The quantitative estimate of drug-likeness (QED) is 0.839. The number of benzene rings is 1. The van der Waals surface area contributed by atoms with Crippen molar-refractivity contribution in [3.05, 3.63) is 29.8 Å². The van der Waals surface area contributed by atoms with Crippen LogP contribution in [0.3, 0.4) is 0 Å². The Morgan fingerprint density at radius 2 is 2.06 bits per heavy atom. The van der Waals surface area contributed by atoms with Crippen LogP contribution in [0.15, 0.2) is 24.3 Å². The molecular weight excluding hydrogens is 196 g/mol. The van der Waals surface area contributed by atoms with Gasteiger partial charge in [0.05, 0.1) is 0 Å². The molecule has 16 heavy (non-hydrogen) atoms. The van der Waals surface area contributed by atoms with E-state index in [1.165, 1.54) is 30.6 Å². The second kappa shape index (κ2) is 4.46. The summed E-state index contributed by atoms with van der Waals surface area (Å²) in [4.78, 5) is 2.56. The molecule has 1 N–H and O–H groups in total. The standard InChI is InChI=1S/C14H22N2/c1-14(2)9-6-10-16(14)13-8-5-4-7-12(13)11-15-3/h4-5,7-8,15H,6,9-11H2,1-3H3. The Hall–Kier alpha value is -1.02. The summed E-state index contributed by atoms with van der Waals surface area (Å²) in [6.07, 6.45) is 2.60. The van der Waals surface area contributed by atoms with E-state index in [9.17, 15) is 0 Å². The molecule has 0 unspecified atom stereocenters. The molecule has 2 heteroatoms. The molecule has 1 fully saturated rings. The van der Waals surface area contributed by atoms with Crippen LogP contribution in [0.5, 0.6) is 0 Å². The van der Waals surface area contributed by atoms with Gasteiger partial charge in [-0.3, -0.25) is 0 Å². The molecule has 0 amide bonds. The van der Waals surface area contributed by atoms with Gasteiger partial charge in [0.2, 0.25) is 0 Å². The van der Waals surface area contributed by atoms with Gasteiger partial charge in [-0.25, -0.2) is 0 Å². The first-order valence-electron chi connectivity index (χ1n) is 6.15. The third-order valence-electron chi connectivity index (χ3n) is 3.55. The summed E-state index contributed by atoms with van der Waals surface area (Å²) < 4.78 is 0. The number of hydrogen-bond donors (Lipinski definition) is 1. The Bertz CT molecular complexity index is 358. The van der Waals surface area contributed by atoms with Gasteiger partial charge in [-0.2, -0.15) is 0 Å². The normalized spacial score (nSPS) is 19.1. The van der Waals surface area contributed by atoms with E-state index in [-0.39, 0.29) is 0 Å². The van der Waals surface area contributed by atoms with Gasteiger partial charge in [-0.05, 0) is 45.4 Å². The minimum atomic E-state index is 0.309. The Kier molecular flexibility index (Phi) is 3.20. The van der Waals surface area contributed by atoms with Crippen LogP contribution in [-0.4, -0.2) is 19.1 Å². The fraction of sp³-hybridized carbons (Fsp3) is 0.571. The highest BCUT2D eigenvalue weighted by Gasteiger charge is 2.32. The molecule has 0 bridgehead atoms. The van der Waals surface area contributed by atoms with E-state index in [4.69, 9.17) is 0 Å². The van der Waals surface area contributed by atoms with Gasteiger partial charge in [0.1, 0.15) is 0 Å². The smallest absolute Gasteiger partial charge is 0.0416 e. The molecule has 2 rings (SSSR count). The second-order valence-electron chi connectivity index (χ2n) is 5.23. The number of anilines is 1. The maximum atomic E-state index is 3.25. The molecule has 0 radical (unpaired) electrons. The van der Waals surface area contributed by atoms with E-state index < -0.39 is 0 Å². The van der Waals surface area contributed by atoms with Gasteiger partial charge >= 0.3 is 0 Å². The van der Waals surface area contributed by atoms with E-state index in [1.54, 1.807) is 0 Å². The zero-order valence-corrected chi connectivity index (χ0v) is 10.6. The van der Waals surface area contributed by atoms with Crippen LogP contribution in [0.4, 0.5) is 5.69 Å². The monoisotopic (exact) mass is 218 g/mol. The van der Waals surface area contributed by atoms with Crippen LogP contribution in [-0.2, 0) is 6.54 Å². The molecule has 0 atom stereocenters. The SMILES string of the molecule is CNCc1ccccc1N1CCCC1(C)C. The predicted molar refractivity (Wildman–Crippen MR) is 69.9 cm³/mol. The molecular formula is C14H22N2. The van der Waals surface area contributed by atoms with E-state index in [0.717, 1.165) is 6.54 Å². The molecule has 1 saturated heterocycles. The maximum absolute atomic E-state index is 3.25. The van der Waals surface area contributed by atoms with Crippen molar-refractivity contribution in [1.82, 2.24) is 5.32 Å². The highest BCUT2D eigenvalue weighted by atomic mass is 15.2. The second-order valence-corrected chi connectivity index (χ2v) is 5.23. The first kappa shape index (κ1) is 11.5. The van der Waals surface area contributed by atoms with Crippen molar-refractivity contribution in [3.8, 4) is 0 Å². The van der Waals surface area contributed by atoms with E-state index in [2.05, 4.69) is 48.3 Å². The zero-order chi connectivity index (χ0) is 11.6. The number of para-hydroxylation sites is 1. The summed E-state index contributed by atoms with van der Waals surface area (Å²) in [6.45, 7) is 6.82. The van der Waals surface area contributed by atoms with Crippen molar-refractivity contribution in [1.29, 1.82) is 0 Å². The average Bonchev–Trinajstić information content (AvgIpc) is 2.59. The number of hydrogen-bond acceptors (Lipinski definition) is 2. The highest BCUT2D eigenvalue weighted by molar-refractivity contribution is 5.56. The first-order chi connectivity index (χ1) is 7.65. The van der Waals surface area contributed by atoms with Gasteiger partial charge in [0.25, 0.3) is 0 Å².